The van der Waals surface area contributed by atoms with E-state index in [-0.39, 0.29) is 24.0 Å². The van der Waals surface area contributed by atoms with E-state index >= 15 is 0 Å². The topological polar surface area (TPSA) is 100 Å². The minimum absolute atomic E-state index is 0.0187. The molecule has 174 valence electrons. The molecule has 2 saturated heterocycles. The van der Waals surface area contributed by atoms with Gasteiger partial charge in [-0.15, -0.1) is 0 Å². The van der Waals surface area contributed by atoms with E-state index in [0.717, 1.165) is 44.5 Å². The van der Waals surface area contributed by atoms with E-state index in [9.17, 15) is 18.0 Å². The Bertz CT molecular complexity index is 902. The predicted octanol–water partition coefficient (Wildman–Crippen LogP) is 2.85. The Hall–Kier alpha value is -2.95. The van der Waals surface area contributed by atoms with Gasteiger partial charge in [-0.25, -0.2) is 0 Å². The van der Waals surface area contributed by atoms with E-state index < -0.39 is 11.9 Å². The molecule has 11 heteroatoms. The summed E-state index contributed by atoms with van der Waals surface area (Å²) in [5.74, 6) is -0.366. The van der Waals surface area contributed by atoms with E-state index in [2.05, 4.69) is 20.3 Å². The van der Waals surface area contributed by atoms with Crippen LogP contribution in [0.1, 0.15) is 53.7 Å². The number of aryl methyl sites for hydroxylation is 1. The fourth-order valence-corrected chi connectivity index (χ4v) is 4.58. The van der Waals surface area contributed by atoms with Crippen molar-refractivity contribution in [3.8, 4) is 0 Å². The highest BCUT2D eigenvalue weighted by molar-refractivity contribution is 5.94. The van der Waals surface area contributed by atoms with Gasteiger partial charge >= 0.3 is 6.18 Å². The van der Waals surface area contributed by atoms with E-state index in [1.54, 1.807) is 4.68 Å². The van der Waals surface area contributed by atoms with Crippen molar-refractivity contribution in [3.63, 3.8) is 0 Å². The molecule has 0 spiro atoms. The summed E-state index contributed by atoms with van der Waals surface area (Å²) >= 11 is 0. The molecule has 0 saturated carbocycles. The Morgan fingerprint density at radius 2 is 1.91 bits per heavy atom. The number of carbonyl (C=O) groups is 2. The van der Waals surface area contributed by atoms with Crippen LogP contribution < -0.4 is 5.32 Å². The first-order valence-corrected chi connectivity index (χ1v) is 10.4. The number of piperidine rings is 2. The molecule has 4 rings (SSSR count). The molecular formula is C21H26F3N5O3. The van der Waals surface area contributed by atoms with Crippen molar-refractivity contribution >= 4 is 12.4 Å². The van der Waals surface area contributed by atoms with Crippen LogP contribution in [-0.4, -0.2) is 55.3 Å². The van der Waals surface area contributed by atoms with Crippen molar-refractivity contribution < 1.29 is 27.9 Å². The van der Waals surface area contributed by atoms with Crippen LogP contribution in [0.3, 0.4) is 0 Å². The smallest absolute Gasteiger partial charge is 0.433 e. The summed E-state index contributed by atoms with van der Waals surface area (Å²) in [5.41, 5.74) is 0.343. The number of fused-ring (bicyclic) bond motifs is 2. The molecule has 2 bridgehead atoms. The maximum absolute atomic E-state index is 12.6. The molecule has 2 aromatic heterocycles. The van der Waals surface area contributed by atoms with Crippen molar-refractivity contribution in [2.75, 3.05) is 0 Å². The van der Waals surface area contributed by atoms with Gasteiger partial charge in [-0.2, -0.15) is 18.3 Å². The molecule has 2 aliphatic heterocycles. The number of halogens is 3. The van der Waals surface area contributed by atoms with Crippen LogP contribution in [0.25, 0.3) is 0 Å². The zero-order valence-corrected chi connectivity index (χ0v) is 17.6. The second kappa shape index (κ2) is 10.1. The Labute approximate surface area is 183 Å². The maximum Gasteiger partial charge on any atom is 0.433 e. The number of pyridine rings is 1. The van der Waals surface area contributed by atoms with Crippen LogP contribution in [0, 0.1) is 0 Å². The van der Waals surface area contributed by atoms with Gasteiger partial charge in [0, 0.05) is 49.7 Å². The van der Waals surface area contributed by atoms with Gasteiger partial charge in [-0.1, -0.05) is 6.42 Å². The maximum atomic E-state index is 12.6. The molecule has 8 nitrogen and oxygen atoms in total. The first-order valence-electron chi connectivity index (χ1n) is 10.4. The molecule has 2 aliphatic rings. The van der Waals surface area contributed by atoms with Gasteiger partial charge < -0.3 is 10.4 Å². The Morgan fingerprint density at radius 3 is 2.41 bits per heavy atom. The number of rotatable bonds is 4. The van der Waals surface area contributed by atoms with Gasteiger partial charge in [0.05, 0.1) is 11.8 Å². The van der Waals surface area contributed by atoms with E-state index in [1.165, 1.54) is 18.1 Å². The fraction of sp³-hybridized carbons (Fsp3) is 0.524. The van der Waals surface area contributed by atoms with Gasteiger partial charge in [-0.3, -0.25) is 24.2 Å². The fourth-order valence-electron chi connectivity index (χ4n) is 4.58. The third kappa shape index (κ3) is 5.84. The number of carbonyl (C=O) groups excluding carboxylic acids is 1. The van der Waals surface area contributed by atoms with Crippen LogP contribution in [0.15, 0.2) is 30.7 Å². The summed E-state index contributed by atoms with van der Waals surface area (Å²) < 4.78 is 39.7. The summed E-state index contributed by atoms with van der Waals surface area (Å²) in [6, 6.07) is 2.83. The molecule has 2 fully saturated rings. The first kappa shape index (κ1) is 23.7. The zero-order valence-electron chi connectivity index (χ0n) is 17.6. The average Bonchev–Trinajstić information content (AvgIpc) is 3.13. The molecular weight excluding hydrogens is 427 g/mol. The predicted molar refractivity (Wildman–Crippen MR) is 109 cm³/mol. The monoisotopic (exact) mass is 453 g/mol. The van der Waals surface area contributed by atoms with Crippen molar-refractivity contribution in [1.29, 1.82) is 0 Å². The molecule has 1 amide bonds. The lowest BCUT2D eigenvalue weighted by atomic mass is 9.81. The Balaban J connectivity index is 0.000000913. The summed E-state index contributed by atoms with van der Waals surface area (Å²) in [6.07, 6.45) is 5.46. The van der Waals surface area contributed by atoms with Gasteiger partial charge in [0.2, 0.25) is 0 Å². The highest BCUT2D eigenvalue weighted by Crippen LogP contribution is 2.35. The van der Waals surface area contributed by atoms with Gasteiger partial charge in [0.1, 0.15) is 5.69 Å². The minimum Gasteiger partial charge on any atom is -0.483 e. The number of hydrogen-bond acceptors (Lipinski definition) is 5. The van der Waals surface area contributed by atoms with Crippen LogP contribution >= 0.6 is 0 Å². The zero-order chi connectivity index (χ0) is 23.3. The summed E-state index contributed by atoms with van der Waals surface area (Å²) in [4.78, 5) is 26.8. The number of amides is 1. The van der Waals surface area contributed by atoms with Crippen molar-refractivity contribution in [2.24, 2.45) is 7.05 Å². The highest BCUT2D eigenvalue weighted by Gasteiger charge is 2.39. The first-order chi connectivity index (χ1) is 15.2. The molecule has 0 radical (unpaired) electrons. The van der Waals surface area contributed by atoms with E-state index in [4.69, 9.17) is 9.90 Å². The molecule has 32 heavy (non-hydrogen) atoms. The third-order valence-electron chi connectivity index (χ3n) is 5.90. The van der Waals surface area contributed by atoms with Gasteiger partial charge in [-0.05, 0) is 37.8 Å². The van der Waals surface area contributed by atoms with Crippen molar-refractivity contribution in [3.05, 3.63) is 47.5 Å². The number of nitrogens with one attached hydrogen (secondary N) is 1. The van der Waals surface area contributed by atoms with Crippen LogP contribution in [0.5, 0.6) is 0 Å². The Kier molecular flexibility index (Phi) is 7.49. The molecule has 3 atom stereocenters. The number of aromatic nitrogens is 3. The van der Waals surface area contributed by atoms with Gasteiger partial charge in [0.15, 0.2) is 0 Å². The number of alkyl halides is 3. The number of hydrogen-bond donors (Lipinski definition) is 2. The third-order valence-corrected chi connectivity index (χ3v) is 5.90. The highest BCUT2D eigenvalue weighted by atomic mass is 19.4. The van der Waals surface area contributed by atoms with Crippen molar-refractivity contribution in [1.82, 2.24) is 25.0 Å². The molecule has 2 aromatic rings. The van der Waals surface area contributed by atoms with Crippen LogP contribution in [0.4, 0.5) is 13.2 Å². The van der Waals surface area contributed by atoms with Crippen LogP contribution in [-0.2, 0) is 24.6 Å². The average molecular weight is 453 g/mol. The summed E-state index contributed by atoms with van der Waals surface area (Å²) in [6.45, 7) is 0.604. The van der Waals surface area contributed by atoms with E-state index in [0.29, 0.717) is 12.1 Å². The second-order valence-electron chi connectivity index (χ2n) is 8.11. The summed E-state index contributed by atoms with van der Waals surface area (Å²) in [5, 5.41) is 14.1. The normalized spacial score (nSPS) is 23.1. The standard InChI is InChI=1S/C20H24F3N5O.CH2O2/c1-27-11-13(9-25-27)12-28-16-3-2-4-17(28)8-15(7-16)26-19(29)14-5-6-18(24-10-14)20(21,22)23;2-1-3/h5-6,9-11,15-17H,2-4,7-8,12H2,1H3,(H,26,29);1H,(H,2,3)/t15?,16-,17+;. The van der Waals surface area contributed by atoms with E-state index in [1.807, 2.05) is 19.4 Å². The second-order valence-corrected chi connectivity index (χ2v) is 8.11. The minimum atomic E-state index is -4.51. The largest absolute Gasteiger partial charge is 0.483 e. The molecule has 0 aromatic carbocycles. The van der Waals surface area contributed by atoms with Crippen LogP contribution in [0.2, 0.25) is 0 Å². The lowest BCUT2D eigenvalue weighted by molar-refractivity contribution is -0.141. The molecule has 0 aliphatic carbocycles. The SMILES string of the molecule is Cn1cc(CN2[C@@H]3CCC[C@H]2CC(NC(=O)c2ccc(C(F)(F)F)nc2)C3)cn1.O=CO. The number of carboxylic acid groups (broad SMARTS) is 1. The lowest BCUT2D eigenvalue weighted by Crippen LogP contribution is -2.56. The lowest BCUT2D eigenvalue weighted by Gasteiger charge is -2.49. The Morgan fingerprint density at radius 1 is 1.25 bits per heavy atom. The molecule has 1 unspecified atom stereocenters. The van der Waals surface area contributed by atoms with Crippen molar-refractivity contribution in [2.45, 2.75) is 63.0 Å². The molecule has 2 N–H and O–H groups in total. The summed E-state index contributed by atoms with van der Waals surface area (Å²) in [7, 11) is 1.90. The molecule has 4 heterocycles. The quantitative estimate of drug-likeness (QED) is 0.691. The van der Waals surface area contributed by atoms with Gasteiger partial charge in [0.25, 0.3) is 12.4 Å². The number of nitrogens with zero attached hydrogens (tertiary/aromatic N) is 4.